The van der Waals surface area contributed by atoms with Crippen LogP contribution in [0.3, 0.4) is 0 Å². The van der Waals surface area contributed by atoms with Crippen LogP contribution in [0.4, 0.5) is 4.79 Å². The molecule has 1 aromatic carbocycles. The van der Waals surface area contributed by atoms with Crippen molar-refractivity contribution >= 4 is 12.4 Å². The maximum Gasteiger partial charge on any atom is 0.408 e. The number of rotatable bonds is 6. The topological polar surface area (TPSA) is 58.6 Å². The standard InChI is InChI=1S/C22H34N2O3/c1-16-7-6-8-17(2)24(16)14-19-11-9-18(10-12-19)13-20(15-25)23-21(26)27-22(3,4)5/h9-12,15-17,20H,6-8,13-14H2,1-5H3,(H,23,26)/t16-,17+,20-/m1/s1. The van der Waals surface area contributed by atoms with E-state index in [9.17, 15) is 9.59 Å². The molecule has 1 aromatic rings. The van der Waals surface area contributed by atoms with Gasteiger partial charge < -0.3 is 14.8 Å². The highest BCUT2D eigenvalue weighted by Gasteiger charge is 2.24. The Balaban J connectivity index is 1.91. The summed E-state index contributed by atoms with van der Waals surface area (Å²) in [7, 11) is 0. The summed E-state index contributed by atoms with van der Waals surface area (Å²) in [6.07, 6.45) is 4.49. The van der Waals surface area contributed by atoms with Crippen LogP contribution in [0.1, 0.15) is 65.0 Å². The molecule has 1 fully saturated rings. The molecule has 1 saturated heterocycles. The van der Waals surface area contributed by atoms with Crippen molar-refractivity contribution in [1.82, 2.24) is 10.2 Å². The number of hydrogen-bond donors (Lipinski definition) is 1. The fourth-order valence-corrected chi connectivity index (χ4v) is 3.62. The summed E-state index contributed by atoms with van der Waals surface area (Å²) in [6, 6.07) is 8.98. The summed E-state index contributed by atoms with van der Waals surface area (Å²) in [6.45, 7) is 11.0. The van der Waals surface area contributed by atoms with E-state index >= 15 is 0 Å². The van der Waals surface area contributed by atoms with Gasteiger partial charge in [0.1, 0.15) is 11.9 Å². The summed E-state index contributed by atoms with van der Waals surface area (Å²) in [5.41, 5.74) is 1.72. The Labute approximate surface area is 163 Å². The van der Waals surface area contributed by atoms with Crippen LogP contribution in [0.15, 0.2) is 24.3 Å². The SMILES string of the molecule is C[C@@H]1CCC[C@H](C)N1Cc1ccc(C[C@H](C=O)NC(=O)OC(C)(C)C)cc1. The highest BCUT2D eigenvalue weighted by Crippen LogP contribution is 2.24. The summed E-state index contributed by atoms with van der Waals surface area (Å²) < 4.78 is 5.22. The molecule has 27 heavy (non-hydrogen) atoms. The predicted molar refractivity (Wildman–Crippen MR) is 108 cm³/mol. The number of nitrogens with zero attached hydrogens (tertiary/aromatic N) is 1. The number of carbonyl (C=O) groups excluding carboxylic acids is 2. The van der Waals surface area contributed by atoms with Gasteiger partial charge in [0.15, 0.2) is 0 Å². The lowest BCUT2D eigenvalue weighted by molar-refractivity contribution is -0.109. The minimum Gasteiger partial charge on any atom is -0.444 e. The van der Waals surface area contributed by atoms with E-state index in [1.807, 2.05) is 12.1 Å². The molecular formula is C22H34N2O3. The van der Waals surface area contributed by atoms with E-state index in [4.69, 9.17) is 4.74 Å². The lowest BCUT2D eigenvalue weighted by Gasteiger charge is -2.39. The van der Waals surface area contributed by atoms with E-state index in [0.29, 0.717) is 18.5 Å². The second-order valence-corrected chi connectivity index (χ2v) is 8.71. The maximum absolute atomic E-state index is 11.9. The normalized spacial score (nSPS) is 22.1. The Morgan fingerprint density at radius 2 is 1.74 bits per heavy atom. The Kier molecular flexibility index (Phi) is 7.42. The molecule has 1 N–H and O–H groups in total. The molecule has 1 aliphatic rings. The molecule has 1 heterocycles. The first-order chi connectivity index (χ1) is 12.7. The van der Waals surface area contributed by atoms with E-state index in [-0.39, 0.29) is 0 Å². The van der Waals surface area contributed by atoms with Crippen LogP contribution in [0.2, 0.25) is 0 Å². The fraction of sp³-hybridized carbons (Fsp3) is 0.636. The van der Waals surface area contributed by atoms with Crippen LogP contribution in [-0.2, 0) is 22.5 Å². The van der Waals surface area contributed by atoms with Gasteiger partial charge in [-0.15, -0.1) is 0 Å². The van der Waals surface area contributed by atoms with E-state index in [1.54, 1.807) is 20.8 Å². The van der Waals surface area contributed by atoms with Gasteiger partial charge in [0.25, 0.3) is 0 Å². The molecule has 5 nitrogen and oxygen atoms in total. The smallest absolute Gasteiger partial charge is 0.408 e. The first-order valence-electron chi connectivity index (χ1n) is 9.96. The number of carbonyl (C=O) groups is 2. The number of benzene rings is 1. The Morgan fingerprint density at radius 3 is 2.26 bits per heavy atom. The molecule has 0 bridgehead atoms. The molecule has 0 aromatic heterocycles. The maximum atomic E-state index is 11.9. The molecule has 0 spiro atoms. The minimum atomic E-state index is -0.590. The molecule has 0 unspecified atom stereocenters. The lowest BCUT2D eigenvalue weighted by atomic mass is 9.96. The van der Waals surface area contributed by atoms with Gasteiger partial charge in [-0.3, -0.25) is 4.90 Å². The zero-order valence-corrected chi connectivity index (χ0v) is 17.3. The van der Waals surface area contributed by atoms with Gasteiger partial charge in [0.2, 0.25) is 0 Å². The molecule has 150 valence electrons. The third-order valence-electron chi connectivity index (χ3n) is 5.09. The molecule has 0 aliphatic carbocycles. The number of hydrogen-bond acceptors (Lipinski definition) is 4. The second-order valence-electron chi connectivity index (χ2n) is 8.71. The van der Waals surface area contributed by atoms with Crippen molar-refractivity contribution in [3.63, 3.8) is 0 Å². The summed E-state index contributed by atoms with van der Waals surface area (Å²) in [5, 5.41) is 2.63. The van der Waals surface area contributed by atoms with Gasteiger partial charge in [0, 0.05) is 18.6 Å². The Morgan fingerprint density at radius 1 is 1.19 bits per heavy atom. The summed E-state index contributed by atoms with van der Waals surface area (Å²) >= 11 is 0. The van der Waals surface area contributed by atoms with E-state index in [2.05, 4.69) is 36.2 Å². The zero-order valence-electron chi connectivity index (χ0n) is 17.3. The van der Waals surface area contributed by atoms with Crippen molar-refractivity contribution < 1.29 is 14.3 Å². The van der Waals surface area contributed by atoms with Crippen LogP contribution in [-0.4, -0.2) is 41.0 Å². The number of piperidine rings is 1. The van der Waals surface area contributed by atoms with Crippen molar-refractivity contribution in [3.8, 4) is 0 Å². The first kappa shape index (κ1) is 21.4. The molecule has 2 rings (SSSR count). The molecule has 1 aliphatic heterocycles. The molecule has 5 heteroatoms. The Bertz CT molecular complexity index is 611. The highest BCUT2D eigenvalue weighted by molar-refractivity contribution is 5.73. The third-order valence-corrected chi connectivity index (χ3v) is 5.09. The number of ether oxygens (including phenoxy) is 1. The fourth-order valence-electron chi connectivity index (χ4n) is 3.62. The average molecular weight is 375 g/mol. The van der Waals surface area contributed by atoms with Gasteiger partial charge in [-0.2, -0.15) is 0 Å². The van der Waals surface area contributed by atoms with Crippen molar-refractivity contribution in [2.24, 2.45) is 0 Å². The monoisotopic (exact) mass is 374 g/mol. The summed E-state index contributed by atoms with van der Waals surface area (Å²) in [4.78, 5) is 25.8. The highest BCUT2D eigenvalue weighted by atomic mass is 16.6. The number of likely N-dealkylation sites (tertiary alicyclic amines) is 1. The molecule has 0 radical (unpaired) electrons. The van der Waals surface area contributed by atoms with Crippen LogP contribution in [0.5, 0.6) is 0 Å². The van der Waals surface area contributed by atoms with Crippen LogP contribution >= 0.6 is 0 Å². The third kappa shape index (κ3) is 6.98. The molecule has 1 amide bonds. The van der Waals surface area contributed by atoms with Crippen molar-refractivity contribution in [1.29, 1.82) is 0 Å². The first-order valence-corrected chi connectivity index (χ1v) is 9.96. The van der Waals surface area contributed by atoms with Crippen molar-refractivity contribution in [2.45, 2.75) is 90.6 Å². The minimum absolute atomic E-state index is 0.458. The van der Waals surface area contributed by atoms with Gasteiger partial charge >= 0.3 is 6.09 Å². The number of alkyl carbamates (subject to hydrolysis) is 1. The number of aldehydes is 1. The molecular weight excluding hydrogens is 340 g/mol. The van der Waals surface area contributed by atoms with Crippen LogP contribution in [0.25, 0.3) is 0 Å². The van der Waals surface area contributed by atoms with Gasteiger partial charge in [-0.25, -0.2) is 4.79 Å². The largest absolute Gasteiger partial charge is 0.444 e. The van der Waals surface area contributed by atoms with E-state index < -0.39 is 17.7 Å². The number of amides is 1. The van der Waals surface area contributed by atoms with Crippen molar-refractivity contribution in [3.05, 3.63) is 35.4 Å². The van der Waals surface area contributed by atoms with Crippen molar-refractivity contribution in [2.75, 3.05) is 0 Å². The van der Waals surface area contributed by atoms with Gasteiger partial charge in [0.05, 0.1) is 6.04 Å². The predicted octanol–water partition coefficient (Wildman–Crippen LogP) is 4.08. The van der Waals surface area contributed by atoms with Crippen LogP contribution < -0.4 is 5.32 Å². The van der Waals surface area contributed by atoms with Gasteiger partial charge in [-0.05, 0) is 65.0 Å². The summed E-state index contributed by atoms with van der Waals surface area (Å²) in [5.74, 6) is 0. The zero-order chi connectivity index (χ0) is 20.0. The second kappa shape index (κ2) is 9.36. The Hall–Kier alpha value is -1.88. The average Bonchev–Trinajstić information content (AvgIpc) is 2.57. The molecule has 0 saturated carbocycles. The van der Waals surface area contributed by atoms with Crippen LogP contribution in [0, 0.1) is 0 Å². The quantitative estimate of drug-likeness (QED) is 0.762. The van der Waals surface area contributed by atoms with E-state index in [1.165, 1.54) is 24.8 Å². The molecule has 3 atom stereocenters. The van der Waals surface area contributed by atoms with E-state index in [0.717, 1.165) is 18.4 Å². The van der Waals surface area contributed by atoms with Gasteiger partial charge in [-0.1, -0.05) is 30.7 Å². The number of nitrogens with one attached hydrogen (secondary N) is 1. The lowest BCUT2D eigenvalue weighted by Crippen LogP contribution is -2.42.